The number of aryl methyl sites for hydroxylation is 1. The minimum absolute atomic E-state index is 0.324. The molecule has 0 aliphatic heterocycles. The van der Waals surface area contributed by atoms with E-state index in [1.165, 1.54) is 5.56 Å². The Morgan fingerprint density at radius 1 is 1.20 bits per heavy atom. The summed E-state index contributed by atoms with van der Waals surface area (Å²) in [5.74, 6) is 0. The Morgan fingerprint density at radius 2 is 1.95 bits per heavy atom. The zero-order valence-electron chi connectivity index (χ0n) is 11.6. The molecule has 0 aromatic heterocycles. The van der Waals surface area contributed by atoms with E-state index in [1.54, 1.807) is 12.1 Å². The molecule has 2 aromatic carbocycles. The van der Waals surface area contributed by atoms with Crippen molar-refractivity contribution in [1.82, 2.24) is 0 Å². The monoisotopic (exact) mass is 265 g/mol. The molecule has 0 bridgehead atoms. The Hall–Kier alpha value is -2.47. The van der Waals surface area contributed by atoms with Crippen molar-refractivity contribution in [1.29, 1.82) is 5.26 Å². The van der Waals surface area contributed by atoms with Crippen LogP contribution in [0.5, 0.6) is 0 Å². The van der Waals surface area contributed by atoms with Crippen molar-refractivity contribution >= 4 is 11.4 Å². The van der Waals surface area contributed by atoms with Crippen LogP contribution < -0.4 is 11.1 Å². The Bertz CT molecular complexity index is 599. The fourth-order valence-corrected chi connectivity index (χ4v) is 2.13. The Labute approximate surface area is 120 Å². The molecular formula is C17H19N3. The topological polar surface area (TPSA) is 61.8 Å². The molecule has 3 N–H and O–H groups in total. The number of nitrogens with one attached hydrogen (secondary N) is 1. The molecule has 1 atom stereocenters. The minimum atomic E-state index is 0.324. The zero-order valence-corrected chi connectivity index (χ0v) is 11.6. The predicted octanol–water partition coefficient (Wildman–Crippen LogP) is 3.57. The summed E-state index contributed by atoms with van der Waals surface area (Å²) in [6, 6.07) is 18.2. The van der Waals surface area contributed by atoms with Gasteiger partial charge in [-0.2, -0.15) is 5.26 Å². The van der Waals surface area contributed by atoms with Gasteiger partial charge in [0, 0.05) is 6.04 Å². The highest BCUT2D eigenvalue weighted by Gasteiger charge is 2.06. The molecule has 0 aliphatic rings. The van der Waals surface area contributed by atoms with E-state index in [1.807, 2.05) is 12.1 Å². The third-order valence-electron chi connectivity index (χ3n) is 3.29. The molecule has 0 spiro atoms. The molecule has 0 fully saturated rings. The summed E-state index contributed by atoms with van der Waals surface area (Å²) >= 11 is 0. The number of hydrogen-bond acceptors (Lipinski definition) is 3. The number of hydrogen-bond donors (Lipinski definition) is 2. The van der Waals surface area contributed by atoms with Crippen molar-refractivity contribution in [2.24, 2.45) is 0 Å². The van der Waals surface area contributed by atoms with E-state index in [0.717, 1.165) is 18.5 Å². The van der Waals surface area contributed by atoms with Crippen LogP contribution in [0.1, 0.15) is 24.5 Å². The molecule has 0 saturated carbocycles. The SMILES string of the molecule is C[C@@H](CCc1ccccc1)Nc1ccc(C#N)cc1N. The van der Waals surface area contributed by atoms with Crippen molar-refractivity contribution in [2.75, 3.05) is 11.1 Å². The number of nitrogens with two attached hydrogens (primary N) is 1. The van der Waals surface area contributed by atoms with E-state index >= 15 is 0 Å². The highest BCUT2D eigenvalue weighted by molar-refractivity contribution is 5.68. The molecule has 0 saturated heterocycles. The van der Waals surface area contributed by atoms with Crippen molar-refractivity contribution in [3.63, 3.8) is 0 Å². The van der Waals surface area contributed by atoms with E-state index in [2.05, 4.69) is 42.6 Å². The Kier molecular flexibility index (Phi) is 4.62. The number of benzene rings is 2. The molecule has 0 unspecified atom stereocenters. The smallest absolute Gasteiger partial charge is 0.0992 e. The van der Waals surface area contributed by atoms with Crippen LogP contribution in [0.4, 0.5) is 11.4 Å². The molecule has 3 heteroatoms. The molecule has 0 amide bonds. The maximum atomic E-state index is 8.82. The molecule has 2 rings (SSSR count). The summed E-state index contributed by atoms with van der Waals surface area (Å²) in [6.07, 6.45) is 2.06. The zero-order chi connectivity index (χ0) is 14.4. The number of rotatable bonds is 5. The van der Waals surface area contributed by atoms with E-state index in [4.69, 9.17) is 11.0 Å². The summed E-state index contributed by atoms with van der Waals surface area (Å²) in [5.41, 5.74) is 9.38. The van der Waals surface area contributed by atoms with Crippen LogP contribution >= 0.6 is 0 Å². The molecule has 0 aliphatic carbocycles. The van der Waals surface area contributed by atoms with Gasteiger partial charge in [0.15, 0.2) is 0 Å². The Morgan fingerprint density at radius 3 is 2.60 bits per heavy atom. The molecule has 0 radical (unpaired) electrons. The molecule has 3 nitrogen and oxygen atoms in total. The van der Waals surface area contributed by atoms with E-state index in [9.17, 15) is 0 Å². The first kappa shape index (κ1) is 14.0. The molecule has 20 heavy (non-hydrogen) atoms. The second kappa shape index (κ2) is 6.63. The van der Waals surface area contributed by atoms with Crippen molar-refractivity contribution in [3.8, 4) is 6.07 Å². The van der Waals surface area contributed by atoms with Crippen LogP contribution in [0.3, 0.4) is 0 Å². The normalized spacial score (nSPS) is 11.6. The second-order valence-electron chi connectivity index (χ2n) is 4.98. The van der Waals surface area contributed by atoms with Crippen molar-refractivity contribution in [2.45, 2.75) is 25.8 Å². The van der Waals surface area contributed by atoms with Crippen LogP contribution in [0, 0.1) is 11.3 Å². The molecule has 102 valence electrons. The fraction of sp³-hybridized carbons (Fsp3) is 0.235. The van der Waals surface area contributed by atoms with Gasteiger partial charge >= 0.3 is 0 Å². The summed E-state index contributed by atoms with van der Waals surface area (Å²) < 4.78 is 0. The summed E-state index contributed by atoms with van der Waals surface area (Å²) in [4.78, 5) is 0. The Balaban J connectivity index is 1.91. The summed E-state index contributed by atoms with van der Waals surface area (Å²) in [5, 5.41) is 12.2. The molecular weight excluding hydrogens is 246 g/mol. The van der Waals surface area contributed by atoms with Crippen LogP contribution in [0.2, 0.25) is 0 Å². The quantitative estimate of drug-likeness (QED) is 0.812. The predicted molar refractivity (Wildman–Crippen MR) is 83.4 cm³/mol. The largest absolute Gasteiger partial charge is 0.397 e. The highest BCUT2D eigenvalue weighted by atomic mass is 14.9. The van der Waals surface area contributed by atoms with Gasteiger partial charge in [0.2, 0.25) is 0 Å². The van der Waals surface area contributed by atoms with Gasteiger partial charge in [0.25, 0.3) is 0 Å². The first-order valence-corrected chi connectivity index (χ1v) is 6.79. The van der Waals surface area contributed by atoms with Gasteiger partial charge in [-0.1, -0.05) is 30.3 Å². The highest BCUT2D eigenvalue weighted by Crippen LogP contribution is 2.21. The van der Waals surface area contributed by atoms with Gasteiger partial charge in [-0.15, -0.1) is 0 Å². The van der Waals surface area contributed by atoms with Gasteiger partial charge in [-0.05, 0) is 43.5 Å². The van der Waals surface area contributed by atoms with Gasteiger partial charge in [0.05, 0.1) is 23.0 Å². The third kappa shape index (κ3) is 3.76. The third-order valence-corrected chi connectivity index (χ3v) is 3.29. The number of nitriles is 1. The van der Waals surface area contributed by atoms with Gasteiger partial charge in [-0.3, -0.25) is 0 Å². The van der Waals surface area contributed by atoms with E-state index in [-0.39, 0.29) is 0 Å². The first-order valence-electron chi connectivity index (χ1n) is 6.79. The average Bonchev–Trinajstić information content (AvgIpc) is 2.48. The number of nitrogen functional groups attached to an aromatic ring is 1. The molecule has 2 aromatic rings. The lowest BCUT2D eigenvalue weighted by Gasteiger charge is -2.17. The van der Waals surface area contributed by atoms with Gasteiger partial charge < -0.3 is 11.1 Å². The summed E-state index contributed by atoms with van der Waals surface area (Å²) in [6.45, 7) is 2.14. The molecule has 0 heterocycles. The van der Waals surface area contributed by atoms with Crippen molar-refractivity contribution in [3.05, 3.63) is 59.7 Å². The number of anilines is 2. The van der Waals surface area contributed by atoms with Gasteiger partial charge in [-0.25, -0.2) is 0 Å². The van der Waals surface area contributed by atoms with Crippen LogP contribution in [0.25, 0.3) is 0 Å². The van der Waals surface area contributed by atoms with Crippen LogP contribution in [-0.2, 0) is 6.42 Å². The van der Waals surface area contributed by atoms with E-state index in [0.29, 0.717) is 17.3 Å². The maximum absolute atomic E-state index is 8.82. The standard InChI is InChI=1S/C17H19N3/c1-13(7-8-14-5-3-2-4-6-14)20-17-10-9-15(12-18)11-16(17)19/h2-6,9-11,13,20H,7-8,19H2,1H3/t13-/m0/s1. The lowest BCUT2D eigenvalue weighted by atomic mass is 10.1. The first-order chi connectivity index (χ1) is 9.69. The maximum Gasteiger partial charge on any atom is 0.0992 e. The van der Waals surface area contributed by atoms with E-state index < -0.39 is 0 Å². The average molecular weight is 265 g/mol. The minimum Gasteiger partial charge on any atom is -0.397 e. The lowest BCUT2D eigenvalue weighted by Crippen LogP contribution is -2.17. The lowest BCUT2D eigenvalue weighted by molar-refractivity contribution is 0.706. The van der Waals surface area contributed by atoms with Gasteiger partial charge in [0.1, 0.15) is 0 Å². The van der Waals surface area contributed by atoms with Crippen LogP contribution in [-0.4, -0.2) is 6.04 Å². The second-order valence-corrected chi connectivity index (χ2v) is 4.98. The number of nitrogens with zero attached hydrogens (tertiary/aromatic N) is 1. The summed E-state index contributed by atoms with van der Waals surface area (Å²) in [7, 11) is 0. The fourth-order valence-electron chi connectivity index (χ4n) is 2.13. The van der Waals surface area contributed by atoms with Crippen molar-refractivity contribution < 1.29 is 0 Å². The van der Waals surface area contributed by atoms with Crippen LogP contribution in [0.15, 0.2) is 48.5 Å².